The van der Waals surface area contributed by atoms with Gasteiger partial charge in [0.05, 0.1) is 6.42 Å². The van der Waals surface area contributed by atoms with E-state index in [1.54, 1.807) is 12.1 Å². The Morgan fingerprint density at radius 1 is 1.40 bits per heavy atom. The summed E-state index contributed by atoms with van der Waals surface area (Å²) in [6, 6.07) is 6.91. The molecule has 0 amide bonds. The van der Waals surface area contributed by atoms with Crippen molar-refractivity contribution < 1.29 is 14.3 Å². The van der Waals surface area contributed by atoms with Gasteiger partial charge < -0.3 is 5.11 Å². The minimum atomic E-state index is -0.733. The Kier molecular flexibility index (Phi) is 5.86. The molecule has 0 aromatic heterocycles. The van der Waals surface area contributed by atoms with Gasteiger partial charge in [-0.2, -0.15) is 0 Å². The lowest BCUT2D eigenvalue weighted by molar-refractivity contribution is -0.138. The molecule has 1 aromatic rings. The van der Waals surface area contributed by atoms with Gasteiger partial charge in [0.1, 0.15) is 5.82 Å². The van der Waals surface area contributed by atoms with Gasteiger partial charge in [-0.25, -0.2) is 4.39 Å². The zero-order chi connectivity index (χ0) is 14.4. The van der Waals surface area contributed by atoms with Crippen LogP contribution in [0.4, 0.5) is 4.39 Å². The predicted octanol–water partition coefficient (Wildman–Crippen LogP) is 3.25. The summed E-state index contributed by atoms with van der Waals surface area (Å²) in [6.07, 6.45) is 3.40. The van der Waals surface area contributed by atoms with Gasteiger partial charge in [-0.15, -0.1) is 11.8 Å². The maximum atomic E-state index is 13.5. The molecular formula is C15H20FNO2S. The Balaban J connectivity index is 1.82. The molecule has 0 saturated carbocycles. The fraction of sp³-hybridized carbons (Fsp3) is 0.533. The second-order valence-corrected chi connectivity index (χ2v) is 6.20. The minimum absolute atomic E-state index is 0.141. The standard InChI is InChI=1S/C15H20FNO2S/c16-13-6-1-2-7-14(13)20-10-9-17-8-4-3-5-12(17)11-15(18)19/h1-2,6-7,12H,3-5,8-11H2,(H,18,19). The maximum absolute atomic E-state index is 13.5. The average molecular weight is 297 g/mol. The van der Waals surface area contributed by atoms with Crippen molar-refractivity contribution in [3.63, 3.8) is 0 Å². The molecule has 0 radical (unpaired) electrons. The molecule has 1 heterocycles. The van der Waals surface area contributed by atoms with Crippen LogP contribution in [0, 0.1) is 5.82 Å². The van der Waals surface area contributed by atoms with Crippen LogP contribution in [0.25, 0.3) is 0 Å². The van der Waals surface area contributed by atoms with Crippen molar-refractivity contribution in [2.75, 3.05) is 18.8 Å². The van der Waals surface area contributed by atoms with E-state index in [1.807, 2.05) is 6.07 Å². The first kappa shape index (κ1) is 15.3. The quantitative estimate of drug-likeness (QED) is 0.818. The molecule has 0 aliphatic carbocycles. The molecule has 1 aromatic carbocycles. The van der Waals surface area contributed by atoms with Gasteiger partial charge in [0.15, 0.2) is 0 Å². The number of hydrogen-bond donors (Lipinski definition) is 1. The van der Waals surface area contributed by atoms with E-state index in [1.165, 1.54) is 17.8 Å². The highest BCUT2D eigenvalue weighted by molar-refractivity contribution is 7.99. The van der Waals surface area contributed by atoms with E-state index in [0.29, 0.717) is 4.90 Å². The first-order chi connectivity index (χ1) is 9.66. The first-order valence-electron chi connectivity index (χ1n) is 7.00. The maximum Gasteiger partial charge on any atom is 0.304 e. The monoisotopic (exact) mass is 297 g/mol. The van der Waals surface area contributed by atoms with Gasteiger partial charge >= 0.3 is 5.97 Å². The molecule has 1 aliphatic rings. The predicted molar refractivity (Wildman–Crippen MR) is 78.6 cm³/mol. The number of aliphatic carboxylic acids is 1. The number of nitrogens with zero attached hydrogens (tertiary/aromatic N) is 1. The summed E-state index contributed by atoms with van der Waals surface area (Å²) in [7, 11) is 0. The number of carbonyl (C=O) groups is 1. The summed E-state index contributed by atoms with van der Waals surface area (Å²) in [6.45, 7) is 1.77. The van der Waals surface area contributed by atoms with E-state index >= 15 is 0 Å². The van der Waals surface area contributed by atoms with Crippen LogP contribution in [0.2, 0.25) is 0 Å². The lowest BCUT2D eigenvalue weighted by atomic mass is 9.99. The fourth-order valence-electron chi connectivity index (χ4n) is 2.62. The molecule has 1 N–H and O–H groups in total. The molecule has 1 unspecified atom stereocenters. The molecule has 5 heteroatoms. The van der Waals surface area contributed by atoms with Crippen molar-refractivity contribution >= 4 is 17.7 Å². The second-order valence-electron chi connectivity index (χ2n) is 5.06. The fourth-order valence-corrected chi connectivity index (χ4v) is 3.55. The summed E-state index contributed by atoms with van der Waals surface area (Å²) in [5, 5.41) is 8.94. The van der Waals surface area contributed by atoms with Crippen molar-refractivity contribution in [1.29, 1.82) is 0 Å². The van der Waals surface area contributed by atoms with Gasteiger partial charge in [0.25, 0.3) is 0 Å². The van der Waals surface area contributed by atoms with E-state index < -0.39 is 5.97 Å². The summed E-state index contributed by atoms with van der Waals surface area (Å²) >= 11 is 1.50. The number of carboxylic acids is 1. The number of piperidine rings is 1. The number of hydrogen-bond acceptors (Lipinski definition) is 3. The largest absolute Gasteiger partial charge is 0.481 e. The molecule has 20 heavy (non-hydrogen) atoms. The van der Waals surface area contributed by atoms with Gasteiger partial charge in [-0.05, 0) is 31.5 Å². The summed E-state index contributed by atoms with van der Waals surface area (Å²) in [5.41, 5.74) is 0. The minimum Gasteiger partial charge on any atom is -0.481 e. The second kappa shape index (κ2) is 7.64. The van der Waals surface area contributed by atoms with Crippen molar-refractivity contribution in [2.24, 2.45) is 0 Å². The molecule has 1 atom stereocenters. The lowest BCUT2D eigenvalue weighted by Gasteiger charge is -2.34. The highest BCUT2D eigenvalue weighted by atomic mass is 32.2. The Labute approximate surface area is 123 Å². The Morgan fingerprint density at radius 3 is 2.95 bits per heavy atom. The molecule has 0 bridgehead atoms. The van der Waals surface area contributed by atoms with Crippen molar-refractivity contribution in [2.45, 2.75) is 36.6 Å². The number of likely N-dealkylation sites (tertiary alicyclic amines) is 1. The summed E-state index contributed by atoms with van der Waals surface area (Å²) < 4.78 is 13.5. The lowest BCUT2D eigenvalue weighted by Crippen LogP contribution is -2.42. The Morgan fingerprint density at radius 2 is 2.20 bits per heavy atom. The van der Waals surface area contributed by atoms with Gasteiger partial charge in [0.2, 0.25) is 0 Å². The topological polar surface area (TPSA) is 40.5 Å². The zero-order valence-electron chi connectivity index (χ0n) is 11.4. The van der Waals surface area contributed by atoms with Crippen LogP contribution in [-0.2, 0) is 4.79 Å². The van der Waals surface area contributed by atoms with Crippen molar-refractivity contribution in [3.05, 3.63) is 30.1 Å². The van der Waals surface area contributed by atoms with E-state index in [0.717, 1.165) is 38.1 Å². The van der Waals surface area contributed by atoms with E-state index in [4.69, 9.17) is 5.11 Å². The van der Waals surface area contributed by atoms with Crippen molar-refractivity contribution in [3.8, 4) is 0 Å². The number of thioether (sulfide) groups is 1. The first-order valence-corrected chi connectivity index (χ1v) is 7.98. The average Bonchev–Trinajstić information content (AvgIpc) is 2.42. The Bertz CT molecular complexity index is 455. The molecule has 2 rings (SSSR count). The van der Waals surface area contributed by atoms with Crippen LogP contribution in [0.3, 0.4) is 0 Å². The molecule has 1 aliphatic heterocycles. The highest BCUT2D eigenvalue weighted by Gasteiger charge is 2.24. The number of benzene rings is 1. The number of rotatable bonds is 6. The SMILES string of the molecule is O=C(O)CC1CCCCN1CCSc1ccccc1F. The third-order valence-corrected chi connectivity index (χ3v) is 4.66. The summed E-state index contributed by atoms with van der Waals surface area (Å²) in [4.78, 5) is 13.8. The van der Waals surface area contributed by atoms with Crippen LogP contribution in [0.1, 0.15) is 25.7 Å². The third-order valence-electron chi connectivity index (χ3n) is 3.63. The van der Waals surface area contributed by atoms with E-state index in [9.17, 15) is 9.18 Å². The van der Waals surface area contributed by atoms with Gasteiger partial charge in [0, 0.05) is 23.2 Å². The number of halogens is 1. The van der Waals surface area contributed by atoms with Crippen molar-refractivity contribution in [1.82, 2.24) is 4.90 Å². The van der Waals surface area contributed by atoms with Gasteiger partial charge in [-0.3, -0.25) is 9.69 Å². The molecular weight excluding hydrogens is 277 g/mol. The molecule has 1 fully saturated rings. The molecule has 1 saturated heterocycles. The summed E-state index contributed by atoms with van der Waals surface area (Å²) in [5.74, 6) is -0.126. The molecule has 0 spiro atoms. The number of carboxylic acid groups (broad SMARTS) is 1. The van der Waals surface area contributed by atoms with Gasteiger partial charge in [-0.1, -0.05) is 18.6 Å². The van der Waals surface area contributed by atoms with Crippen LogP contribution >= 0.6 is 11.8 Å². The van der Waals surface area contributed by atoms with E-state index in [2.05, 4.69) is 4.90 Å². The molecule has 110 valence electrons. The third kappa shape index (κ3) is 4.49. The van der Waals surface area contributed by atoms with Crippen LogP contribution in [0.15, 0.2) is 29.2 Å². The zero-order valence-corrected chi connectivity index (χ0v) is 12.2. The van der Waals surface area contributed by atoms with Crippen LogP contribution in [-0.4, -0.2) is 40.9 Å². The van der Waals surface area contributed by atoms with Crippen LogP contribution < -0.4 is 0 Å². The normalized spacial score (nSPS) is 19.9. The Hall–Kier alpha value is -1.07. The highest BCUT2D eigenvalue weighted by Crippen LogP contribution is 2.24. The molecule has 3 nitrogen and oxygen atoms in total. The van der Waals surface area contributed by atoms with Crippen LogP contribution in [0.5, 0.6) is 0 Å². The van der Waals surface area contributed by atoms with E-state index in [-0.39, 0.29) is 18.3 Å². The smallest absolute Gasteiger partial charge is 0.304 e.